The van der Waals surface area contributed by atoms with Crippen molar-refractivity contribution in [2.75, 3.05) is 20.6 Å². The lowest BCUT2D eigenvalue weighted by atomic mass is 10.0. The molecule has 2 aromatic carbocycles. The summed E-state index contributed by atoms with van der Waals surface area (Å²) in [4.78, 5) is 25.4. The van der Waals surface area contributed by atoms with Crippen molar-refractivity contribution in [2.45, 2.75) is 20.4 Å². The van der Waals surface area contributed by atoms with Gasteiger partial charge >= 0.3 is 0 Å². The zero-order valence-electron chi connectivity index (χ0n) is 18.4. The molecule has 0 fully saturated rings. The van der Waals surface area contributed by atoms with E-state index >= 15 is 0 Å². The van der Waals surface area contributed by atoms with Crippen LogP contribution in [-0.4, -0.2) is 47.1 Å². The van der Waals surface area contributed by atoms with E-state index in [2.05, 4.69) is 43.4 Å². The van der Waals surface area contributed by atoms with E-state index in [9.17, 15) is 9.59 Å². The first kappa shape index (κ1) is 22.0. The second-order valence-electron chi connectivity index (χ2n) is 7.62. The van der Waals surface area contributed by atoms with Gasteiger partial charge in [0.25, 0.3) is 0 Å². The summed E-state index contributed by atoms with van der Waals surface area (Å²) < 4.78 is 1.89. The number of nitrogens with one attached hydrogen (secondary N) is 1. The third kappa shape index (κ3) is 5.69. The van der Waals surface area contributed by atoms with Crippen molar-refractivity contribution in [1.82, 2.24) is 20.0 Å². The Bertz CT molecular complexity index is 1100. The van der Waals surface area contributed by atoms with Gasteiger partial charge in [-0.05, 0) is 42.7 Å². The number of carbonyl (C=O) groups excluding carboxylic acids is 2. The van der Waals surface area contributed by atoms with Gasteiger partial charge in [-0.1, -0.05) is 42.5 Å². The predicted octanol–water partition coefficient (Wildman–Crippen LogP) is 3.43. The number of hydrogen-bond donors (Lipinski definition) is 1. The standard InChI is InChI=1S/C25H28N4O2/c1-18-10-11-21(14-19(18)2)25-22(12-13-24(31)28(4)17-23(30)26-3)16-29(27-25)15-20-8-6-5-7-9-20/h5-14,16H,15,17H2,1-4H3,(H,26,30)/b13-12+. The highest BCUT2D eigenvalue weighted by Gasteiger charge is 2.13. The van der Waals surface area contributed by atoms with Crippen molar-refractivity contribution in [2.24, 2.45) is 0 Å². The largest absolute Gasteiger partial charge is 0.358 e. The van der Waals surface area contributed by atoms with Gasteiger partial charge in [0, 0.05) is 37.5 Å². The van der Waals surface area contributed by atoms with E-state index in [1.807, 2.05) is 35.1 Å². The summed E-state index contributed by atoms with van der Waals surface area (Å²) in [6.45, 7) is 4.80. The Morgan fingerprint density at radius 3 is 2.52 bits per heavy atom. The first-order valence-corrected chi connectivity index (χ1v) is 10.2. The highest BCUT2D eigenvalue weighted by molar-refractivity contribution is 5.95. The van der Waals surface area contributed by atoms with Crippen LogP contribution in [0.4, 0.5) is 0 Å². The zero-order valence-corrected chi connectivity index (χ0v) is 18.4. The van der Waals surface area contributed by atoms with Crippen LogP contribution in [0.5, 0.6) is 0 Å². The molecular weight excluding hydrogens is 388 g/mol. The molecule has 6 nitrogen and oxygen atoms in total. The fourth-order valence-corrected chi connectivity index (χ4v) is 3.18. The van der Waals surface area contributed by atoms with Gasteiger partial charge in [-0.3, -0.25) is 14.3 Å². The average molecular weight is 417 g/mol. The third-order valence-electron chi connectivity index (χ3n) is 5.20. The second kappa shape index (κ2) is 9.89. The van der Waals surface area contributed by atoms with Crippen LogP contribution < -0.4 is 5.32 Å². The molecule has 6 heteroatoms. The number of aromatic nitrogens is 2. The number of aryl methyl sites for hydroxylation is 2. The Morgan fingerprint density at radius 2 is 1.84 bits per heavy atom. The molecule has 0 radical (unpaired) electrons. The molecule has 31 heavy (non-hydrogen) atoms. The molecule has 1 N–H and O–H groups in total. The van der Waals surface area contributed by atoms with Crippen LogP contribution in [0.25, 0.3) is 17.3 Å². The van der Waals surface area contributed by atoms with Crippen LogP contribution in [0.15, 0.2) is 60.8 Å². The molecule has 0 saturated heterocycles. The molecule has 0 spiro atoms. The minimum atomic E-state index is -0.245. The molecule has 2 amide bonds. The lowest BCUT2D eigenvalue weighted by molar-refractivity contribution is -0.130. The predicted molar refractivity (Wildman–Crippen MR) is 123 cm³/mol. The lowest BCUT2D eigenvalue weighted by Crippen LogP contribution is -2.35. The number of benzene rings is 2. The number of nitrogens with zero attached hydrogens (tertiary/aromatic N) is 3. The molecule has 3 aromatic rings. The van der Waals surface area contributed by atoms with Gasteiger partial charge in [-0.25, -0.2) is 0 Å². The molecule has 0 aliphatic carbocycles. The zero-order chi connectivity index (χ0) is 22.4. The highest BCUT2D eigenvalue weighted by Crippen LogP contribution is 2.26. The van der Waals surface area contributed by atoms with Crippen LogP contribution in [0.1, 0.15) is 22.3 Å². The van der Waals surface area contributed by atoms with Crippen molar-refractivity contribution < 1.29 is 9.59 Å². The number of likely N-dealkylation sites (N-methyl/N-ethyl adjacent to an activating group) is 2. The molecule has 0 atom stereocenters. The molecule has 0 unspecified atom stereocenters. The van der Waals surface area contributed by atoms with Gasteiger partial charge < -0.3 is 10.2 Å². The van der Waals surface area contributed by atoms with E-state index in [0.717, 1.165) is 22.4 Å². The van der Waals surface area contributed by atoms with Crippen molar-refractivity contribution in [3.05, 3.63) is 83.1 Å². The molecule has 3 rings (SSSR count). The quantitative estimate of drug-likeness (QED) is 0.600. The molecule has 0 saturated carbocycles. The minimum Gasteiger partial charge on any atom is -0.358 e. The number of amides is 2. The molecule has 160 valence electrons. The number of carbonyl (C=O) groups is 2. The summed E-state index contributed by atoms with van der Waals surface area (Å²) in [5.41, 5.74) is 6.22. The van der Waals surface area contributed by atoms with Gasteiger partial charge in [0.05, 0.1) is 18.8 Å². The fraction of sp³-hybridized carbons (Fsp3) is 0.240. The van der Waals surface area contributed by atoms with E-state index in [4.69, 9.17) is 5.10 Å². The summed E-state index contributed by atoms with van der Waals surface area (Å²) in [7, 11) is 3.15. The van der Waals surface area contributed by atoms with Gasteiger partial charge in [0.1, 0.15) is 0 Å². The number of hydrogen-bond acceptors (Lipinski definition) is 3. The van der Waals surface area contributed by atoms with E-state index in [-0.39, 0.29) is 18.4 Å². The Morgan fingerprint density at radius 1 is 1.10 bits per heavy atom. The first-order chi connectivity index (χ1) is 14.9. The van der Waals surface area contributed by atoms with E-state index in [0.29, 0.717) is 6.54 Å². The Hall–Kier alpha value is -3.67. The Balaban J connectivity index is 1.92. The Kier molecular flexibility index (Phi) is 7.03. The topological polar surface area (TPSA) is 67.2 Å². The van der Waals surface area contributed by atoms with Crippen LogP contribution >= 0.6 is 0 Å². The van der Waals surface area contributed by atoms with Crippen molar-refractivity contribution in [3.63, 3.8) is 0 Å². The normalized spacial score (nSPS) is 11.0. The summed E-state index contributed by atoms with van der Waals surface area (Å²) in [6, 6.07) is 16.4. The van der Waals surface area contributed by atoms with Gasteiger partial charge in [0.15, 0.2) is 0 Å². The summed E-state index contributed by atoms with van der Waals surface area (Å²) in [5, 5.41) is 7.33. The average Bonchev–Trinajstić information content (AvgIpc) is 3.16. The van der Waals surface area contributed by atoms with Gasteiger partial charge in [-0.2, -0.15) is 5.10 Å². The van der Waals surface area contributed by atoms with Crippen molar-refractivity contribution in [3.8, 4) is 11.3 Å². The third-order valence-corrected chi connectivity index (χ3v) is 5.20. The maximum absolute atomic E-state index is 12.4. The molecule has 0 aliphatic heterocycles. The highest BCUT2D eigenvalue weighted by atomic mass is 16.2. The smallest absolute Gasteiger partial charge is 0.246 e. The molecule has 0 bridgehead atoms. The summed E-state index contributed by atoms with van der Waals surface area (Å²) in [5.74, 6) is -0.457. The maximum atomic E-state index is 12.4. The molecular formula is C25H28N4O2. The van der Waals surface area contributed by atoms with Crippen LogP contribution in [0.3, 0.4) is 0 Å². The Labute approximate surface area is 183 Å². The minimum absolute atomic E-state index is 0.0109. The van der Waals surface area contributed by atoms with Crippen LogP contribution in [0.2, 0.25) is 0 Å². The molecule has 1 aromatic heterocycles. The van der Waals surface area contributed by atoms with Crippen molar-refractivity contribution >= 4 is 17.9 Å². The number of rotatable bonds is 7. The molecule has 1 heterocycles. The lowest BCUT2D eigenvalue weighted by Gasteiger charge is -2.13. The fourth-order valence-electron chi connectivity index (χ4n) is 3.18. The maximum Gasteiger partial charge on any atom is 0.246 e. The SMILES string of the molecule is CNC(=O)CN(C)C(=O)/C=C/c1cn(Cc2ccccc2)nc1-c1ccc(C)c(C)c1. The summed E-state index contributed by atoms with van der Waals surface area (Å²) in [6.07, 6.45) is 5.19. The van der Waals surface area contributed by atoms with Crippen molar-refractivity contribution in [1.29, 1.82) is 0 Å². The van der Waals surface area contributed by atoms with E-state index < -0.39 is 0 Å². The van der Waals surface area contributed by atoms with Gasteiger partial charge in [0.2, 0.25) is 11.8 Å². The van der Waals surface area contributed by atoms with E-state index in [1.54, 1.807) is 20.2 Å². The van der Waals surface area contributed by atoms with Crippen LogP contribution in [-0.2, 0) is 16.1 Å². The van der Waals surface area contributed by atoms with Gasteiger partial charge in [-0.15, -0.1) is 0 Å². The monoisotopic (exact) mass is 416 g/mol. The molecule has 0 aliphatic rings. The van der Waals surface area contributed by atoms with E-state index in [1.165, 1.54) is 22.1 Å². The summed E-state index contributed by atoms with van der Waals surface area (Å²) >= 11 is 0. The van der Waals surface area contributed by atoms with Crippen LogP contribution in [0, 0.1) is 13.8 Å². The second-order valence-corrected chi connectivity index (χ2v) is 7.62. The first-order valence-electron chi connectivity index (χ1n) is 10.2.